The zero-order chi connectivity index (χ0) is 12.7. The lowest BCUT2D eigenvalue weighted by atomic mass is 10.2. The molecule has 0 saturated carbocycles. The van der Waals surface area contributed by atoms with E-state index in [-0.39, 0.29) is 12.5 Å². The summed E-state index contributed by atoms with van der Waals surface area (Å²) in [4.78, 5) is 15.8. The van der Waals surface area contributed by atoms with Crippen LogP contribution in [0.5, 0.6) is 0 Å². The lowest BCUT2D eigenvalue weighted by Crippen LogP contribution is -2.32. The fourth-order valence-electron chi connectivity index (χ4n) is 1.34. The number of aromatic nitrogens is 1. The molecule has 0 bridgehead atoms. The highest BCUT2D eigenvalue weighted by molar-refractivity contribution is 7.09. The standard InChI is InChI=1S/C11H18N2O3S/c1-3-4-8(14)5-12-11(15)9-7-17-10(13-9)6-16-2/h7-8,14H,3-6H2,1-2H3,(H,12,15). The number of ether oxygens (including phenoxy) is 1. The first kappa shape index (κ1) is 14.1. The summed E-state index contributed by atoms with van der Waals surface area (Å²) in [5.74, 6) is -0.251. The highest BCUT2D eigenvalue weighted by atomic mass is 32.1. The Morgan fingerprint density at radius 2 is 2.47 bits per heavy atom. The molecule has 5 nitrogen and oxygen atoms in total. The van der Waals surface area contributed by atoms with E-state index < -0.39 is 6.10 Å². The second-order valence-electron chi connectivity index (χ2n) is 3.71. The maximum absolute atomic E-state index is 11.7. The maximum Gasteiger partial charge on any atom is 0.270 e. The van der Waals surface area contributed by atoms with Gasteiger partial charge >= 0.3 is 0 Å². The predicted molar refractivity (Wildman–Crippen MR) is 66.1 cm³/mol. The molecular formula is C11H18N2O3S. The summed E-state index contributed by atoms with van der Waals surface area (Å²) >= 11 is 1.39. The summed E-state index contributed by atoms with van der Waals surface area (Å²) in [7, 11) is 1.59. The van der Waals surface area contributed by atoms with Crippen molar-refractivity contribution >= 4 is 17.2 Å². The summed E-state index contributed by atoms with van der Waals surface area (Å²) in [5, 5.41) is 14.6. The molecule has 17 heavy (non-hydrogen) atoms. The monoisotopic (exact) mass is 258 g/mol. The number of aliphatic hydroxyl groups excluding tert-OH is 1. The Labute approximate surface area is 105 Å². The van der Waals surface area contributed by atoms with Gasteiger partial charge in [0.15, 0.2) is 0 Å². The largest absolute Gasteiger partial charge is 0.391 e. The van der Waals surface area contributed by atoms with E-state index >= 15 is 0 Å². The molecule has 1 rings (SSSR count). The molecule has 0 aliphatic heterocycles. The van der Waals surface area contributed by atoms with Crippen molar-refractivity contribution in [2.45, 2.75) is 32.5 Å². The molecule has 0 aliphatic carbocycles. The third-order valence-electron chi connectivity index (χ3n) is 2.17. The minimum Gasteiger partial charge on any atom is -0.391 e. The predicted octanol–water partition coefficient (Wildman–Crippen LogP) is 1.18. The van der Waals surface area contributed by atoms with E-state index in [0.717, 1.165) is 11.4 Å². The van der Waals surface area contributed by atoms with E-state index in [0.29, 0.717) is 18.7 Å². The average molecular weight is 258 g/mol. The van der Waals surface area contributed by atoms with Gasteiger partial charge < -0.3 is 15.2 Å². The Balaban J connectivity index is 2.40. The van der Waals surface area contributed by atoms with Crippen LogP contribution in [0.15, 0.2) is 5.38 Å². The minimum atomic E-state index is -0.485. The molecule has 0 saturated heterocycles. The van der Waals surface area contributed by atoms with Crippen LogP contribution in [-0.4, -0.2) is 35.8 Å². The summed E-state index contributed by atoms with van der Waals surface area (Å²) in [6.07, 6.45) is 1.10. The topological polar surface area (TPSA) is 71.5 Å². The molecule has 1 unspecified atom stereocenters. The average Bonchev–Trinajstić information content (AvgIpc) is 2.75. The van der Waals surface area contributed by atoms with Gasteiger partial charge in [0, 0.05) is 19.0 Å². The number of carbonyl (C=O) groups excluding carboxylic acids is 1. The van der Waals surface area contributed by atoms with E-state index in [1.807, 2.05) is 6.92 Å². The fourth-order valence-corrected chi connectivity index (χ4v) is 2.09. The van der Waals surface area contributed by atoms with Crippen LogP contribution in [0.3, 0.4) is 0 Å². The number of carbonyl (C=O) groups is 1. The Bertz CT molecular complexity index is 354. The van der Waals surface area contributed by atoms with Gasteiger partial charge in [-0.1, -0.05) is 13.3 Å². The van der Waals surface area contributed by atoms with Gasteiger partial charge in [-0.05, 0) is 6.42 Å². The Morgan fingerprint density at radius 3 is 3.12 bits per heavy atom. The number of rotatable bonds is 7. The van der Waals surface area contributed by atoms with Gasteiger partial charge in [-0.25, -0.2) is 4.98 Å². The zero-order valence-electron chi connectivity index (χ0n) is 10.1. The number of nitrogens with zero attached hydrogens (tertiary/aromatic N) is 1. The summed E-state index contributed by atoms with van der Waals surface area (Å²) in [6.45, 7) is 2.67. The first-order chi connectivity index (χ1) is 8.17. The number of nitrogens with one attached hydrogen (secondary N) is 1. The summed E-state index contributed by atoms with van der Waals surface area (Å²) in [6, 6.07) is 0. The van der Waals surface area contributed by atoms with Crippen molar-refractivity contribution in [3.8, 4) is 0 Å². The van der Waals surface area contributed by atoms with E-state index in [4.69, 9.17) is 4.74 Å². The first-order valence-electron chi connectivity index (χ1n) is 5.57. The summed E-state index contributed by atoms with van der Waals surface area (Å²) < 4.78 is 4.93. The van der Waals surface area contributed by atoms with Crippen molar-refractivity contribution in [3.63, 3.8) is 0 Å². The zero-order valence-corrected chi connectivity index (χ0v) is 10.9. The SMILES string of the molecule is CCCC(O)CNC(=O)c1csc(COC)n1. The number of thiazole rings is 1. The number of hydrogen-bond donors (Lipinski definition) is 2. The molecule has 1 heterocycles. The van der Waals surface area contributed by atoms with Crippen LogP contribution in [-0.2, 0) is 11.3 Å². The second kappa shape index (κ2) is 7.37. The molecule has 0 radical (unpaired) electrons. The Morgan fingerprint density at radius 1 is 1.71 bits per heavy atom. The van der Waals surface area contributed by atoms with Crippen LogP contribution in [0.1, 0.15) is 35.3 Å². The van der Waals surface area contributed by atoms with Crippen LogP contribution in [0, 0.1) is 0 Å². The van der Waals surface area contributed by atoms with Gasteiger partial charge in [-0.15, -0.1) is 11.3 Å². The first-order valence-corrected chi connectivity index (χ1v) is 6.45. The molecule has 0 spiro atoms. The van der Waals surface area contributed by atoms with Crippen molar-refractivity contribution in [3.05, 3.63) is 16.1 Å². The van der Waals surface area contributed by atoms with Crippen LogP contribution in [0.25, 0.3) is 0 Å². The third-order valence-corrected chi connectivity index (χ3v) is 2.99. The van der Waals surface area contributed by atoms with Crippen molar-refractivity contribution in [1.29, 1.82) is 0 Å². The molecule has 6 heteroatoms. The van der Waals surface area contributed by atoms with Crippen LogP contribution >= 0.6 is 11.3 Å². The molecule has 1 aromatic heterocycles. The smallest absolute Gasteiger partial charge is 0.270 e. The van der Waals surface area contributed by atoms with Gasteiger partial charge in [0.25, 0.3) is 5.91 Å². The number of amides is 1. The maximum atomic E-state index is 11.7. The number of hydrogen-bond acceptors (Lipinski definition) is 5. The lowest BCUT2D eigenvalue weighted by Gasteiger charge is -2.09. The Kier molecular flexibility index (Phi) is 6.10. The quantitative estimate of drug-likeness (QED) is 0.770. The van der Waals surface area contributed by atoms with E-state index in [2.05, 4.69) is 10.3 Å². The van der Waals surface area contributed by atoms with Crippen molar-refractivity contribution < 1.29 is 14.6 Å². The number of methoxy groups -OCH3 is 1. The third kappa shape index (κ3) is 4.80. The van der Waals surface area contributed by atoms with E-state index in [1.54, 1.807) is 12.5 Å². The molecule has 0 aromatic carbocycles. The molecule has 1 aromatic rings. The van der Waals surface area contributed by atoms with Crippen molar-refractivity contribution in [2.75, 3.05) is 13.7 Å². The Hall–Kier alpha value is -0.980. The van der Waals surface area contributed by atoms with Gasteiger partial charge in [0.05, 0.1) is 12.7 Å². The van der Waals surface area contributed by atoms with Gasteiger partial charge in [0.2, 0.25) is 0 Å². The van der Waals surface area contributed by atoms with Crippen LogP contribution in [0.2, 0.25) is 0 Å². The molecular weight excluding hydrogens is 240 g/mol. The minimum absolute atomic E-state index is 0.251. The van der Waals surface area contributed by atoms with Crippen LogP contribution < -0.4 is 5.32 Å². The van der Waals surface area contributed by atoms with Gasteiger partial charge in [-0.2, -0.15) is 0 Å². The van der Waals surface area contributed by atoms with Gasteiger partial charge in [0.1, 0.15) is 10.7 Å². The van der Waals surface area contributed by atoms with Crippen LogP contribution in [0.4, 0.5) is 0 Å². The highest BCUT2D eigenvalue weighted by Gasteiger charge is 2.11. The molecule has 1 atom stereocenters. The molecule has 0 fully saturated rings. The highest BCUT2D eigenvalue weighted by Crippen LogP contribution is 2.10. The van der Waals surface area contributed by atoms with E-state index in [9.17, 15) is 9.90 Å². The molecule has 96 valence electrons. The second-order valence-corrected chi connectivity index (χ2v) is 4.65. The van der Waals surface area contributed by atoms with Crippen molar-refractivity contribution in [1.82, 2.24) is 10.3 Å². The van der Waals surface area contributed by atoms with Crippen molar-refractivity contribution in [2.24, 2.45) is 0 Å². The molecule has 0 aliphatic rings. The molecule has 1 amide bonds. The molecule has 2 N–H and O–H groups in total. The lowest BCUT2D eigenvalue weighted by molar-refractivity contribution is 0.0905. The normalized spacial score (nSPS) is 12.4. The summed E-state index contributed by atoms with van der Waals surface area (Å²) in [5.41, 5.74) is 0.380. The van der Waals surface area contributed by atoms with Gasteiger partial charge in [-0.3, -0.25) is 4.79 Å². The van der Waals surface area contributed by atoms with E-state index in [1.165, 1.54) is 11.3 Å². The fraction of sp³-hybridized carbons (Fsp3) is 0.636. The number of aliphatic hydroxyl groups is 1.